The van der Waals surface area contributed by atoms with Crippen molar-refractivity contribution in [2.45, 2.75) is 31.5 Å². The molecule has 1 rings (SSSR count). The highest BCUT2D eigenvalue weighted by atomic mass is 16.7. The first kappa shape index (κ1) is 12.2. The smallest absolute Gasteiger partial charge is 0.330 e. The zero-order valence-corrected chi connectivity index (χ0v) is 9.54. The Morgan fingerprint density at radius 2 is 1.73 bits per heavy atom. The van der Waals surface area contributed by atoms with Crippen LogP contribution in [0.1, 0.15) is 25.7 Å². The van der Waals surface area contributed by atoms with Crippen LogP contribution in [0, 0.1) is 0 Å². The minimum atomic E-state index is -0.465. The molecule has 1 aliphatic carbocycles. The number of allylic oxidation sites excluding steroid dienone is 1. The molecule has 0 unspecified atom stereocenters. The van der Waals surface area contributed by atoms with Crippen LogP contribution in [0.15, 0.2) is 11.6 Å². The van der Waals surface area contributed by atoms with Gasteiger partial charge < -0.3 is 14.2 Å². The topological polar surface area (TPSA) is 44.8 Å². The summed E-state index contributed by atoms with van der Waals surface area (Å²) in [6, 6.07) is 0. The van der Waals surface area contributed by atoms with Crippen LogP contribution in [0.25, 0.3) is 0 Å². The number of rotatable bonds is 3. The van der Waals surface area contributed by atoms with Crippen LogP contribution in [0.5, 0.6) is 0 Å². The van der Waals surface area contributed by atoms with E-state index in [0.717, 1.165) is 31.3 Å². The summed E-state index contributed by atoms with van der Waals surface area (Å²) in [6.45, 7) is 0. The van der Waals surface area contributed by atoms with Crippen molar-refractivity contribution in [2.24, 2.45) is 0 Å². The summed E-state index contributed by atoms with van der Waals surface area (Å²) in [5.41, 5.74) is 1.10. The average Bonchev–Trinajstić information content (AvgIpc) is 2.30. The third kappa shape index (κ3) is 3.04. The Bertz CT molecular complexity index is 241. The molecule has 0 radical (unpaired) electrons. The van der Waals surface area contributed by atoms with Crippen LogP contribution in [0.3, 0.4) is 0 Å². The molecule has 1 saturated carbocycles. The summed E-state index contributed by atoms with van der Waals surface area (Å²) in [5, 5.41) is 0. The van der Waals surface area contributed by atoms with Gasteiger partial charge in [0.1, 0.15) is 0 Å². The number of methoxy groups -OCH3 is 3. The largest absolute Gasteiger partial charge is 0.466 e. The molecule has 0 atom stereocenters. The lowest BCUT2D eigenvalue weighted by Crippen LogP contribution is -2.36. The molecule has 0 aliphatic heterocycles. The van der Waals surface area contributed by atoms with Crippen molar-refractivity contribution < 1.29 is 19.0 Å². The fraction of sp³-hybridized carbons (Fsp3) is 0.727. The predicted molar refractivity (Wildman–Crippen MR) is 55.3 cm³/mol. The quantitative estimate of drug-likeness (QED) is 0.407. The number of esters is 1. The SMILES string of the molecule is COC(=O)C=C1CCC(OC)(OC)CC1. The van der Waals surface area contributed by atoms with E-state index in [1.165, 1.54) is 7.11 Å². The van der Waals surface area contributed by atoms with Gasteiger partial charge in [-0.3, -0.25) is 0 Å². The second kappa shape index (κ2) is 5.28. The van der Waals surface area contributed by atoms with E-state index in [0.29, 0.717) is 0 Å². The number of hydrogen-bond donors (Lipinski definition) is 0. The van der Waals surface area contributed by atoms with E-state index in [1.54, 1.807) is 20.3 Å². The van der Waals surface area contributed by atoms with E-state index in [2.05, 4.69) is 4.74 Å². The van der Waals surface area contributed by atoms with E-state index >= 15 is 0 Å². The van der Waals surface area contributed by atoms with Crippen molar-refractivity contribution in [1.29, 1.82) is 0 Å². The van der Waals surface area contributed by atoms with Crippen molar-refractivity contribution in [3.05, 3.63) is 11.6 Å². The van der Waals surface area contributed by atoms with Crippen molar-refractivity contribution in [1.82, 2.24) is 0 Å². The highest BCUT2D eigenvalue weighted by Gasteiger charge is 2.33. The second-order valence-electron chi connectivity index (χ2n) is 3.64. The minimum absolute atomic E-state index is 0.285. The van der Waals surface area contributed by atoms with Gasteiger partial charge in [-0.1, -0.05) is 5.57 Å². The molecule has 4 nitrogen and oxygen atoms in total. The van der Waals surface area contributed by atoms with Gasteiger partial charge in [-0.2, -0.15) is 0 Å². The Hall–Kier alpha value is -0.870. The van der Waals surface area contributed by atoms with Crippen LogP contribution in [0.2, 0.25) is 0 Å². The summed E-state index contributed by atoms with van der Waals surface area (Å²) < 4.78 is 15.3. The molecular formula is C11H18O4. The standard InChI is InChI=1S/C11H18O4/c1-13-10(12)8-9-4-6-11(14-2,15-3)7-5-9/h8H,4-7H2,1-3H3. The van der Waals surface area contributed by atoms with Gasteiger partial charge in [0.05, 0.1) is 7.11 Å². The summed E-state index contributed by atoms with van der Waals surface area (Å²) in [6.07, 6.45) is 4.76. The fourth-order valence-corrected chi connectivity index (χ4v) is 1.81. The van der Waals surface area contributed by atoms with Gasteiger partial charge in [-0.25, -0.2) is 4.79 Å². The van der Waals surface area contributed by atoms with Gasteiger partial charge in [-0.05, 0) is 12.8 Å². The third-order valence-electron chi connectivity index (χ3n) is 2.92. The van der Waals surface area contributed by atoms with E-state index in [9.17, 15) is 4.79 Å². The van der Waals surface area contributed by atoms with Crippen molar-refractivity contribution in [3.8, 4) is 0 Å². The van der Waals surface area contributed by atoms with Gasteiger partial charge in [0.15, 0.2) is 5.79 Å². The lowest BCUT2D eigenvalue weighted by atomic mass is 9.89. The molecule has 0 aromatic rings. The molecule has 0 N–H and O–H groups in total. The van der Waals surface area contributed by atoms with Crippen LogP contribution in [0.4, 0.5) is 0 Å². The van der Waals surface area contributed by atoms with Crippen LogP contribution in [-0.4, -0.2) is 33.1 Å². The normalized spacial score (nSPS) is 19.8. The molecule has 0 aromatic heterocycles. The Labute approximate surface area is 90.2 Å². The molecule has 0 spiro atoms. The molecule has 1 aliphatic rings. The molecule has 4 heteroatoms. The molecule has 0 amide bonds. The Morgan fingerprint density at radius 3 is 2.13 bits per heavy atom. The summed E-state index contributed by atoms with van der Waals surface area (Å²) in [5.74, 6) is -0.750. The Kier molecular flexibility index (Phi) is 4.29. The second-order valence-corrected chi connectivity index (χ2v) is 3.64. The number of carbonyl (C=O) groups excluding carboxylic acids is 1. The molecular weight excluding hydrogens is 196 g/mol. The highest BCUT2D eigenvalue weighted by Crippen LogP contribution is 2.34. The monoisotopic (exact) mass is 214 g/mol. The van der Waals surface area contributed by atoms with Gasteiger partial charge in [-0.15, -0.1) is 0 Å². The molecule has 0 bridgehead atoms. The van der Waals surface area contributed by atoms with Gasteiger partial charge in [0.2, 0.25) is 0 Å². The lowest BCUT2D eigenvalue weighted by Gasteiger charge is -2.35. The maximum absolute atomic E-state index is 11.0. The number of hydrogen-bond acceptors (Lipinski definition) is 4. The van der Waals surface area contributed by atoms with E-state index in [-0.39, 0.29) is 5.97 Å². The van der Waals surface area contributed by atoms with Crippen LogP contribution < -0.4 is 0 Å². The maximum Gasteiger partial charge on any atom is 0.330 e. The van der Waals surface area contributed by atoms with Crippen molar-refractivity contribution in [2.75, 3.05) is 21.3 Å². The van der Waals surface area contributed by atoms with Crippen LogP contribution >= 0.6 is 0 Å². The molecule has 1 fully saturated rings. The highest BCUT2D eigenvalue weighted by molar-refractivity contribution is 5.82. The molecule has 0 heterocycles. The zero-order valence-electron chi connectivity index (χ0n) is 9.54. The average molecular weight is 214 g/mol. The Morgan fingerprint density at radius 1 is 1.20 bits per heavy atom. The number of ether oxygens (including phenoxy) is 3. The van der Waals surface area contributed by atoms with Gasteiger partial charge in [0.25, 0.3) is 0 Å². The van der Waals surface area contributed by atoms with Crippen molar-refractivity contribution in [3.63, 3.8) is 0 Å². The molecule has 86 valence electrons. The van der Waals surface area contributed by atoms with Gasteiger partial charge >= 0.3 is 5.97 Å². The zero-order chi connectivity index (χ0) is 11.3. The summed E-state index contributed by atoms with van der Waals surface area (Å²) >= 11 is 0. The minimum Gasteiger partial charge on any atom is -0.466 e. The number of carbonyl (C=O) groups is 1. The van der Waals surface area contributed by atoms with E-state index in [4.69, 9.17) is 9.47 Å². The third-order valence-corrected chi connectivity index (χ3v) is 2.92. The fourth-order valence-electron chi connectivity index (χ4n) is 1.81. The first-order valence-corrected chi connectivity index (χ1v) is 5.03. The first-order valence-electron chi connectivity index (χ1n) is 5.03. The van der Waals surface area contributed by atoms with Crippen LogP contribution in [-0.2, 0) is 19.0 Å². The van der Waals surface area contributed by atoms with Gasteiger partial charge in [0, 0.05) is 33.1 Å². The maximum atomic E-state index is 11.0. The lowest BCUT2D eigenvalue weighted by molar-refractivity contribution is -0.218. The van der Waals surface area contributed by atoms with E-state index in [1.807, 2.05) is 0 Å². The molecule has 0 aromatic carbocycles. The summed E-state index contributed by atoms with van der Waals surface area (Å²) in [4.78, 5) is 11.0. The summed E-state index contributed by atoms with van der Waals surface area (Å²) in [7, 11) is 4.69. The predicted octanol–water partition coefficient (Wildman–Crippen LogP) is 1.65. The van der Waals surface area contributed by atoms with Crippen molar-refractivity contribution >= 4 is 5.97 Å². The van der Waals surface area contributed by atoms with E-state index < -0.39 is 5.79 Å². The molecule has 15 heavy (non-hydrogen) atoms. The first-order chi connectivity index (χ1) is 7.15. The Balaban J connectivity index is 2.55. The molecule has 0 saturated heterocycles.